The largest absolute Gasteiger partial charge is 0.388 e. The molecule has 68 valence electrons. The lowest BCUT2D eigenvalue weighted by Gasteiger charge is -2.23. The highest BCUT2D eigenvalue weighted by Gasteiger charge is 2.34. The molecule has 4 nitrogen and oxygen atoms in total. The summed E-state index contributed by atoms with van der Waals surface area (Å²) >= 11 is 5.50. The average Bonchev–Trinajstić information content (AvgIpc) is 2.01. The molecule has 0 saturated carbocycles. The van der Waals surface area contributed by atoms with Crippen LogP contribution in [0.25, 0.3) is 10.4 Å². The van der Waals surface area contributed by atoms with Crippen molar-refractivity contribution in [2.75, 3.05) is 0 Å². The number of aliphatic hydroxyl groups is 1. The summed E-state index contributed by atoms with van der Waals surface area (Å²) in [7, 11) is 0. The van der Waals surface area contributed by atoms with E-state index in [1.54, 1.807) is 0 Å². The fourth-order valence-corrected chi connectivity index (χ4v) is 0.720. The van der Waals surface area contributed by atoms with Crippen LogP contribution in [0.2, 0.25) is 0 Å². The minimum atomic E-state index is -1.71. The molecule has 0 heterocycles. The van der Waals surface area contributed by atoms with E-state index in [1.807, 2.05) is 0 Å². The summed E-state index contributed by atoms with van der Waals surface area (Å²) < 4.78 is 12.7. The van der Waals surface area contributed by atoms with Crippen LogP contribution in [0, 0.1) is 0 Å². The zero-order chi connectivity index (χ0) is 9.78. The lowest BCUT2D eigenvalue weighted by Crippen LogP contribution is -2.38. The summed E-state index contributed by atoms with van der Waals surface area (Å²) in [5.74, 6) is 0. The Balaban J connectivity index is 4.53. The first kappa shape index (κ1) is 11.2. The monoisotopic (exact) mass is 193 g/mol. The fraction of sp³-hybridized carbons (Fsp3) is 0.667. The standard InChI is InChI=1S/C6H9ClFN3O/c1-3-4(8)5(12)6(2,7)10-11-9/h3-5,12H,1H2,2H3/t4?,5-,6?/m1/s1. The maximum absolute atomic E-state index is 12.7. The van der Waals surface area contributed by atoms with Crippen molar-refractivity contribution in [1.29, 1.82) is 0 Å². The molecule has 0 rings (SSSR count). The van der Waals surface area contributed by atoms with Gasteiger partial charge in [-0.1, -0.05) is 11.2 Å². The Hall–Kier alpha value is -0.770. The van der Waals surface area contributed by atoms with Crippen LogP contribution < -0.4 is 0 Å². The summed E-state index contributed by atoms with van der Waals surface area (Å²) in [6.07, 6.45) is -2.41. The third-order valence-corrected chi connectivity index (χ3v) is 1.61. The van der Waals surface area contributed by atoms with Crippen molar-refractivity contribution in [2.24, 2.45) is 5.11 Å². The van der Waals surface area contributed by atoms with Crippen molar-refractivity contribution >= 4 is 11.6 Å². The van der Waals surface area contributed by atoms with Crippen LogP contribution in [0.15, 0.2) is 17.8 Å². The molecule has 0 aliphatic heterocycles. The van der Waals surface area contributed by atoms with E-state index in [2.05, 4.69) is 16.6 Å². The highest BCUT2D eigenvalue weighted by molar-refractivity contribution is 6.24. The van der Waals surface area contributed by atoms with E-state index in [0.717, 1.165) is 6.08 Å². The lowest BCUT2D eigenvalue weighted by atomic mass is 10.1. The summed E-state index contributed by atoms with van der Waals surface area (Å²) in [5, 5.41) is 12.2. The van der Waals surface area contributed by atoms with Crippen molar-refractivity contribution in [3.8, 4) is 0 Å². The van der Waals surface area contributed by atoms with Crippen LogP contribution in [0.3, 0.4) is 0 Å². The van der Waals surface area contributed by atoms with Gasteiger partial charge in [-0.15, -0.1) is 18.2 Å². The summed E-state index contributed by atoms with van der Waals surface area (Å²) in [5.41, 5.74) is 8.02. The van der Waals surface area contributed by atoms with Gasteiger partial charge in [0.2, 0.25) is 0 Å². The van der Waals surface area contributed by atoms with Gasteiger partial charge in [0.15, 0.2) is 0 Å². The predicted octanol–water partition coefficient (Wildman–Crippen LogP) is 2.14. The van der Waals surface area contributed by atoms with Crippen LogP contribution >= 0.6 is 11.6 Å². The van der Waals surface area contributed by atoms with Crippen LogP contribution in [0.5, 0.6) is 0 Å². The SMILES string of the molecule is C=CC(F)[C@@H](O)C(C)(Cl)N=[N+]=[N-]. The van der Waals surface area contributed by atoms with Crippen molar-refractivity contribution in [3.63, 3.8) is 0 Å². The average molecular weight is 194 g/mol. The first-order chi connectivity index (χ1) is 5.45. The van der Waals surface area contributed by atoms with E-state index in [0.29, 0.717) is 0 Å². The van der Waals surface area contributed by atoms with E-state index in [4.69, 9.17) is 22.2 Å². The molecule has 0 bridgehead atoms. The zero-order valence-electron chi connectivity index (χ0n) is 6.48. The Morgan fingerprint density at radius 3 is 2.75 bits per heavy atom. The Labute approximate surface area is 74.3 Å². The van der Waals surface area contributed by atoms with E-state index in [-0.39, 0.29) is 0 Å². The summed E-state index contributed by atoms with van der Waals surface area (Å²) in [6, 6.07) is 0. The molecule has 0 fully saturated rings. The van der Waals surface area contributed by atoms with Gasteiger partial charge in [-0.2, -0.15) is 0 Å². The quantitative estimate of drug-likeness (QED) is 0.182. The number of aliphatic hydroxyl groups excluding tert-OH is 1. The maximum atomic E-state index is 12.7. The van der Waals surface area contributed by atoms with Crippen molar-refractivity contribution in [1.82, 2.24) is 0 Å². The predicted molar refractivity (Wildman–Crippen MR) is 44.5 cm³/mol. The van der Waals surface area contributed by atoms with Gasteiger partial charge in [0.05, 0.1) is 0 Å². The minimum absolute atomic E-state index is 0.887. The second-order valence-electron chi connectivity index (χ2n) is 2.34. The molecule has 0 amide bonds. The first-order valence-corrected chi connectivity index (χ1v) is 3.53. The second kappa shape index (κ2) is 4.30. The van der Waals surface area contributed by atoms with Crippen LogP contribution in [0.4, 0.5) is 4.39 Å². The van der Waals surface area contributed by atoms with E-state index >= 15 is 0 Å². The van der Waals surface area contributed by atoms with Crippen molar-refractivity contribution in [3.05, 3.63) is 23.1 Å². The molecule has 3 atom stereocenters. The zero-order valence-corrected chi connectivity index (χ0v) is 7.24. The molecule has 2 unspecified atom stereocenters. The molecule has 0 aromatic rings. The molecule has 12 heavy (non-hydrogen) atoms. The maximum Gasteiger partial charge on any atom is 0.149 e. The van der Waals surface area contributed by atoms with E-state index < -0.39 is 17.3 Å². The first-order valence-electron chi connectivity index (χ1n) is 3.15. The van der Waals surface area contributed by atoms with Gasteiger partial charge in [0.25, 0.3) is 0 Å². The number of alkyl halides is 2. The van der Waals surface area contributed by atoms with Gasteiger partial charge in [0, 0.05) is 4.91 Å². The fourth-order valence-electron chi connectivity index (χ4n) is 0.566. The normalized spacial score (nSPS) is 20.0. The third-order valence-electron chi connectivity index (χ3n) is 1.31. The van der Waals surface area contributed by atoms with Crippen LogP contribution in [-0.2, 0) is 0 Å². The Morgan fingerprint density at radius 1 is 1.92 bits per heavy atom. The molecule has 0 aromatic carbocycles. The Morgan fingerprint density at radius 2 is 2.42 bits per heavy atom. The highest BCUT2D eigenvalue weighted by atomic mass is 35.5. The number of azide groups is 1. The minimum Gasteiger partial charge on any atom is -0.388 e. The number of nitrogens with zero attached hydrogens (tertiary/aromatic N) is 3. The molecule has 0 radical (unpaired) electrons. The summed E-state index contributed by atoms with van der Waals surface area (Å²) in [6.45, 7) is 4.34. The van der Waals surface area contributed by atoms with Crippen molar-refractivity contribution in [2.45, 2.75) is 24.2 Å². The van der Waals surface area contributed by atoms with Gasteiger partial charge in [-0.3, -0.25) is 0 Å². The van der Waals surface area contributed by atoms with Gasteiger partial charge in [-0.05, 0) is 12.5 Å². The highest BCUT2D eigenvalue weighted by Crippen LogP contribution is 2.25. The smallest absolute Gasteiger partial charge is 0.149 e. The molecular formula is C6H9ClFN3O. The number of hydrogen-bond donors (Lipinski definition) is 1. The van der Waals surface area contributed by atoms with Gasteiger partial charge >= 0.3 is 0 Å². The van der Waals surface area contributed by atoms with Gasteiger partial charge in [-0.25, -0.2) is 4.39 Å². The molecular weight excluding hydrogens is 185 g/mol. The summed E-state index contributed by atoms with van der Waals surface area (Å²) in [4.78, 5) is 0.699. The molecule has 0 spiro atoms. The molecule has 6 heteroatoms. The van der Waals surface area contributed by atoms with Crippen LogP contribution in [0.1, 0.15) is 6.92 Å². The molecule has 0 aliphatic rings. The molecule has 0 aromatic heterocycles. The number of halogens is 2. The van der Waals surface area contributed by atoms with E-state index in [1.165, 1.54) is 6.92 Å². The molecule has 0 aliphatic carbocycles. The van der Waals surface area contributed by atoms with Crippen LogP contribution in [-0.4, -0.2) is 22.4 Å². The molecule has 0 saturated heterocycles. The van der Waals surface area contributed by atoms with Gasteiger partial charge < -0.3 is 5.11 Å². The Kier molecular flexibility index (Phi) is 4.03. The van der Waals surface area contributed by atoms with Gasteiger partial charge in [0.1, 0.15) is 17.3 Å². The topological polar surface area (TPSA) is 69.0 Å². The van der Waals surface area contributed by atoms with Crippen molar-refractivity contribution < 1.29 is 9.50 Å². The molecule has 1 N–H and O–H groups in total. The number of rotatable bonds is 4. The number of hydrogen-bond acceptors (Lipinski definition) is 2. The third kappa shape index (κ3) is 2.70. The lowest BCUT2D eigenvalue weighted by molar-refractivity contribution is 0.0709. The Bertz CT molecular complexity index is 215. The second-order valence-corrected chi connectivity index (χ2v) is 3.10. The van der Waals surface area contributed by atoms with E-state index in [9.17, 15) is 4.39 Å².